The Hall–Kier alpha value is -1.45. The van der Waals surface area contributed by atoms with Crippen LogP contribution in [0.4, 0.5) is 0 Å². The van der Waals surface area contributed by atoms with E-state index in [-0.39, 0.29) is 10.6 Å². The van der Waals surface area contributed by atoms with E-state index in [0.717, 1.165) is 0 Å². The number of rotatable bonds is 4. The zero-order valence-corrected chi connectivity index (χ0v) is 10.9. The summed E-state index contributed by atoms with van der Waals surface area (Å²) >= 11 is 0. The van der Waals surface area contributed by atoms with E-state index < -0.39 is 15.4 Å². The van der Waals surface area contributed by atoms with Crippen molar-refractivity contribution in [3.63, 3.8) is 0 Å². The lowest BCUT2D eigenvalue weighted by Gasteiger charge is -2.21. The highest BCUT2D eigenvalue weighted by atomic mass is 32.2. The van der Waals surface area contributed by atoms with E-state index >= 15 is 0 Å². The monoisotopic (exact) mass is 253 g/mol. The first-order valence-electron chi connectivity index (χ1n) is 5.26. The number of nitrogens with zero attached hydrogens (tertiary/aromatic N) is 1. The number of isocyanates is 1. The summed E-state index contributed by atoms with van der Waals surface area (Å²) in [5.41, 5.74) is -0.370. The molecule has 5 heteroatoms. The molecule has 0 aromatic heterocycles. The van der Waals surface area contributed by atoms with Crippen molar-refractivity contribution in [3.8, 4) is 0 Å². The van der Waals surface area contributed by atoms with Crippen molar-refractivity contribution in [2.45, 2.75) is 31.2 Å². The number of sulfone groups is 1. The molecule has 0 saturated carbocycles. The van der Waals surface area contributed by atoms with Crippen LogP contribution in [0.1, 0.15) is 26.3 Å². The molecule has 0 unspecified atom stereocenters. The standard InChI is InChI=1S/C12H15NO3S/c1-4-17(15,16)11-8-6-5-7-10(11)12(2,3)13-9-14/h5-8H,4H2,1-3H3. The smallest absolute Gasteiger partial charge is 0.224 e. The molecule has 0 fully saturated rings. The number of carbonyl (C=O) groups excluding carboxylic acids is 1. The summed E-state index contributed by atoms with van der Waals surface area (Å²) < 4.78 is 23.9. The summed E-state index contributed by atoms with van der Waals surface area (Å²) in [4.78, 5) is 14.3. The van der Waals surface area contributed by atoms with Gasteiger partial charge in [-0.15, -0.1) is 0 Å². The summed E-state index contributed by atoms with van der Waals surface area (Å²) in [6.07, 6.45) is 1.48. The lowest BCUT2D eigenvalue weighted by Crippen LogP contribution is -2.19. The van der Waals surface area contributed by atoms with Gasteiger partial charge in [-0.25, -0.2) is 13.2 Å². The first-order chi connectivity index (χ1) is 7.85. The van der Waals surface area contributed by atoms with Gasteiger partial charge in [-0.2, -0.15) is 4.99 Å². The zero-order chi connectivity index (χ0) is 13.1. The summed E-state index contributed by atoms with van der Waals surface area (Å²) in [5, 5.41) is 0. The molecular weight excluding hydrogens is 238 g/mol. The Morgan fingerprint density at radius 1 is 1.29 bits per heavy atom. The molecule has 0 aliphatic carbocycles. The Balaban J connectivity index is 3.52. The molecule has 1 aromatic rings. The van der Waals surface area contributed by atoms with Crippen molar-refractivity contribution in [2.75, 3.05) is 5.75 Å². The van der Waals surface area contributed by atoms with Crippen molar-refractivity contribution in [2.24, 2.45) is 4.99 Å². The van der Waals surface area contributed by atoms with E-state index in [0.29, 0.717) is 5.56 Å². The van der Waals surface area contributed by atoms with Crippen LogP contribution >= 0.6 is 0 Å². The van der Waals surface area contributed by atoms with E-state index in [4.69, 9.17) is 0 Å². The third-order valence-corrected chi connectivity index (χ3v) is 4.37. The van der Waals surface area contributed by atoms with Crippen LogP contribution in [0, 0.1) is 0 Å². The predicted molar refractivity (Wildman–Crippen MR) is 65.3 cm³/mol. The van der Waals surface area contributed by atoms with Crippen molar-refractivity contribution in [1.29, 1.82) is 0 Å². The lowest BCUT2D eigenvalue weighted by atomic mass is 9.95. The minimum Gasteiger partial charge on any atom is -0.224 e. The second-order valence-electron chi connectivity index (χ2n) is 4.16. The van der Waals surface area contributed by atoms with E-state index in [1.165, 1.54) is 12.1 Å². The highest BCUT2D eigenvalue weighted by molar-refractivity contribution is 7.91. The molecule has 17 heavy (non-hydrogen) atoms. The van der Waals surface area contributed by atoms with Gasteiger partial charge >= 0.3 is 0 Å². The Morgan fingerprint density at radius 3 is 2.41 bits per heavy atom. The summed E-state index contributed by atoms with van der Waals surface area (Å²) in [6, 6.07) is 6.60. The molecule has 0 heterocycles. The van der Waals surface area contributed by atoms with Gasteiger partial charge in [0, 0.05) is 0 Å². The number of benzene rings is 1. The largest absolute Gasteiger partial charge is 0.235 e. The molecule has 4 nitrogen and oxygen atoms in total. The van der Waals surface area contributed by atoms with Gasteiger partial charge in [-0.3, -0.25) is 0 Å². The number of hydrogen-bond acceptors (Lipinski definition) is 4. The van der Waals surface area contributed by atoms with Crippen LogP contribution < -0.4 is 0 Å². The first-order valence-corrected chi connectivity index (χ1v) is 6.91. The zero-order valence-electron chi connectivity index (χ0n) is 10.1. The molecule has 92 valence electrons. The molecule has 0 N–H and O–H groups in total. The van der Waals surface area contributed by atoms with E-state index in [9.17, 15) is 13.2 Å². The summed E-state index contributed by atoms with van der Waals surface area (Å²) in [5.74, 6) is 0.0187. The average molecular weight is 253 g/mol. The topological polar surface area (TPSA) is 63.6 Å². The van der Waals surface area contributed by atoms with Crippen molar-refractivity contribution in [3.05, 3.63) is 29.8 Å². The molecule has 1 rings (SSSR count). The van der Waals surface area contributed by atoms with E-state index in [1.54, 1.807) is 39.0 Å². The van der Waals surface area contributed by atoms with Crippen molar-refractivity contribution < 1.29 is 13.2 Å². The average Bonchev–Trinajstić information content (AvgIpc) is 2.29. The van der Waals surface area contributed by atoms with Gasteiger partial charge in [-0.1, -0.05) is 25.1 Å². The molecule has 0 saturated heterocycles. The van der Waals surface area contributed by atoms with Crippen LogP contribution in [0.25, 0.3) is 0 Å². The maximum Gasteiger partial charge on any atom is 0.235 e. The fourth-order valence-electron chi connectivity index (χ4n) is 1.57. The normalized spacial score (nSPS) is 11.9. The minimum atomic E-state index is -3.32. The second kappa shape index (κ2) is 4.82. The molecule has 0 aliphatic heterocycles. The van der Waals surface area contributed by atoms with Crippen LogP contribution in [0.5, 0.6) is 0 Å². The molecule has 0 amide bonds. The van der Waals surface area contributed by atoms with Gasteiger partial charge in [0.2, 0.25) is 6.08 Å². The molecule has 0 atom stereocenters. The van der Waals surface area contributed by atoms with Gasteiger partial charge in [0.05, 0.1) is 16.2 Å². The molecule has 0 aliphatic rings. The maximum absolute atomic E-state index is 11.9. The molecule has 0 bridgehead atoms. The fraction of sp³-hybridized carbons (Fsp3) is 0.417. The van der Waals surface area contributed by atoms with Crippen LogP contribution in [0.3, 0.4) is 0 Å². The van der Waals surface area contributed by atoms with Crippen LogP contribution in [0.2, 0.25) is 0 Å². The van der Waals surface area contributed by atoms with Crippen molar-refractivity contribution >= 4 is 15.9 Å². The minimum absolute atomic E-state index is 0.0187. The quantitative estimate of drug-likeness (QED) is 0.609. The van der Waals surface area contributed by atoms with E-state index in [1.807, 2.05) is 0 Å². The SMILES string of the molecule is CCS(=O)(=O)c1ccccc1C(C)(C)N=C=O. The van der Waals surface area contributed by atoms with Crippen LogP contribution in [-0.4, -0.2) is 20.3 Å². The predicted octanol–water partition coefficient (Wildman–Crippen LogP) is 2.05. The second-order valence-corrected chi connectivity index (χ2v) is 6.41. The lowest BCUT2D eigenvalue weighted by molar-refractivity contribution is 0.513. The third kappa shape index (κ3) is 2.81. The third-order valence-electron chi connectivity index (χ3n) is 2.59. The highest BCUT2D eigenvalue weighted by Crippen LogP contribution is 2.30. The maximum atomic E-state index is 11.9. The van der Waals surface area contributed by atoms with Crippen LogP contribution in [0.15, 0.2) is 34.2 Å². The fourth-order valence-corrected chi connectivity index (χ4v) is 2.82. The first kappa shape index (κ1) is 13.6. The number of aliphatic imine (C=N–C) groups is 1. The van der Waals surface area contributed by atoms with Crippen molar-refractivity contribution in [1.82, 2.24) is 0 Å². The van der Waals surface area contributed by atoms with Gasteiger partial charge in [0.15, 0.2) is 9.84 Å². The summed E-state index contributed by atoms with van der Waals surface area (Å²) in [6.45, 7) is 4.95. The Kier molecular flexibility index (Phi) is 3.86. The van der Waals surface area contributed by atoms with Gasteiger partial charge in [0.1, 0.15) is 0 Å². The highest BCUT2D eigenvalue weighted by Gasteiger charge is 2.27. The summed E-state index contributed by atoms with van der Waals surface area (Å²) in [7, 11) is -3.32. The molecule has 0 radical (unpaired) electrons. The van der Waals surface area contributed by atoms with Gasteiger partial charge < -0.3 is 0 Å². The van der Waals surface area contributed by atoms with Gasteiger partial charge in [0.25, 0.3) is 0 Å². The van der Waals surface area contributed by atoms with E-state index in [2.05, 4.69) is 4.99 Å². The molecule has 1 aromatic carbocycles. The molecular formula is C12H15NO3S. The number of hydrogen-bond donors (Lipinski definition) is 0. The van der Waals surface area contributed by atoms with Gasteiger partial charge in [-0.05, 0) is 25.5 Å². The van der Waals surface area contributed by atoms with Crippen LogP contribution in [-0.2, 0) is 20.2 Å². The Bertz CT molecular complexity index is 555. The Morgan fingerprint density at radius 2 is 1.88 bits per heavy atom. The Labute approximate surface area is 101 Å². The molecule has 0 spiro atoms.